The van der Waals surface area contributed by atoms with E-state index in [9.17, 15) is 0 Å². The highest BCUT2D eigenvalue weighted by Crippen LogP contribution is 2.23. The van der Waals surface area contributed by atoms with Crippen LogP contribution in [-0.2, 0) is 6.42 Å². The number of rotatable bonds is 7. The molecule has 4 rings (SSSR count). The third-order valence-electron chi connectivity index (χ3n) is 4.52. The molecule has 0 bridgehead atoms. The van der Waals surface area contributed by atoms with Crippen molar-refractivity contribution in [3.63, 3.8) is 0 Å². The van der Waals surface area contributed by atoms with Gasteiger partial charge in [-0.3, -0.25) is 4.98 Å². The third-order valence-corrected chi connectivity index (χ3v) is 4.52. The second-order valence-electron chi connectivity index (χ2n) is 6.50. The van der Waals surface area contributed by atoms with Crippen LogP contribution in [0.3, 0.4) is 0 Å². The summed E-state index contributed by atoms with van der Waals surface area (Å²) in [4.78, 5) is 13.8. The second kappa shape index (κ2) is 8.41. The zero-order valence-corrected chi connectivity index (χ0v) is 15.2. The van der Waals surface area contributed by atoms with Gasteiger partial charge in [0.25, 0.3) is 0 Å². The minimum atomic E-state index is 0.654. The van der Waals surface area contributed by atoms with E-state index in [1.54, 1.807) is 6.20 Å². The molecule has 2 aromatic heterocycles. The summed E-state index contributed by atoms with van der Waals surface area (Å²) in [5.41, 5.74) is 3.11. The van der Waals surface area contributed by atoms with E-state index in [0.29, 0.717) is 5.82 Å². The summed E-state index contributed by atoms with van der Waals surface area (Å²) < 4.78 is 0. The zero-order valence-electron chi connectivity index (χ0n) is 15.2. The van der Waals surface area contributed by atoms with Gasteiger partial charge in [-0.05, 0) is 49.1 Å². The number of para-hydroxylation sites is 1. The minimum Gasteiger partial charge on any atom is -0.369 e. The third kappa shape index (κ3) is 4.29. The molecule has 27 heavy (non-hydrogen) atoms. The molecule has 0 aliphatic heterocycles. The number of benzene rings is 2. The maximum absolute atomic E-state index is 4.74. The van der Waals surface area contributed by atoms with Crippen LogP contribution in [0.5, 0.6) is 0 Å². The minimum absolute atomic E-state index is 0.654. The number of aromatic nitrogens is 3. The maximum Gasteiger partial charge on any atom is 0.180 e. The Morgan fingerprint density at radius 2 is 1.56 bits per heavy atom. The summed E-state index contributed by atoms with van der Waals surface area (Å²) in [6, 6.07) is 24.5. The van der Waals surface area contributed by atoms with Crippen LogP contribution in [0.25, 0.3) is 22.4 Å². The van der Waals surface area contributed by atoms with E-state index >= 15 is 0 Å². The van der Waals surface area contributed by atoms with E-state index in [0.717, 1.165) is 48.2 Å². The van der Waals surface area contributed by atoms with Crippen molar-refractivity contribution in [2.75, 3.05) is 11.9 Å². The fraction of sp³-hybridized carbons (Fsp3) is 0.174. The van der Waals surface area contributed by atoms with Gasteiger partial charge in [0.05, 0.1) is 5.52 Å². The Balaban J connectivity index is 1.47. The van der Waals surface area contributed by atoms with Gasteiger partial charge in [-0.2, -0.15) is 0 Å². The fourth-order valence-electron chi connectivity index (χ4n) is 3.13. The molecule has 2 aromatic carbocycles. The molecule has 0 spiro atoms. The monoisotopic (exact) mass is 354 g/mol. The lowest BCUT2D eigenvalue weighted by molar-refractivity contribution is 0.762. The van der Waals surface area contributed by atoms with Crippen molar-refractivity contribution in [2.24, 2.45) is 0 Å². The molecule has 4 aromatic rings. The van der Waals surface area contributed by atoms with E-state index in [4.69, 9.17) is 4.98 Å². The predicted molar refractivity (Wildman–Crippen MR) is 111 cm³/mol. The molecular weight excluding hydrogens is 332 g/mol. The van der Waals surface area contributed by atoms with Gasteiger partial charge < -0.3 is 5.32 Å². The first-order valence-electron chi connectivity index (χ1n) is 9.36. The molecule has 1 N–H and O–H groups in total. The van der Waals surface area contributed by atoms with Crippen molar-refractivity contribution in [1.29, 1.82) is 0 Å². The van der Waals surface area contributed by atoms with Crippen LogP contribution in [-0.4, -0.2) is 21.5 Å². The Morgan fingerprint density at radius 3 is 2.41 bits per heavy atom. The van der Waals surface area contributed by atoms with Crippen molar-refractivity contribution in [1.82, 2.24) is 15.0 Å². The predicted octanol–water partition coefficient (Wildman–Crippen LogP) is 5.13. The molecule has 0 radical (unpaired) electrons. The average Bonchev–Trinajstić information content (AvgIpc) is 2.74. The summed E-state index contributed by atoms with van der Waals surface area (Å²) in [6.07, 6.45) is 5.11. The van der Waals surface area contributed by atoms with Crippen LogP contribution in [0, 0.1) is 0 Å². The summed E-state index contributed by atoms with van der Waals surface area (Å²) in [7, 11) is 0. The van der Waals surface area contributed by atoms with E-state index in [-0.39, 0.29) is 0 Å². The molecule has 0 aliphatic rings. The second-order valence-corrected chi connectivity index (χ2v) is 6.50. The topological polar surface area (TPSA) is 50.7 Å². The number of nitrogens with zero attached hydrogens (tertiary/aromatic N) is 3. The van der Waals surface area contributed by atoms with Crippen molar-refractivity contribution in [3.05, 3.63) is 84.6 Å². The van der Waals surface area contributed by atoms with Crippen LogP contribution in [0.1, 0.15) is 18.4 Å². The largest absolute Gasteiger partial charge is 0.369 e. The normalized spacial score (nSPS) is 10.8. The van der Waals surface area contributed by atoms with Crippen LogP contribution in [0.4, 0.5) is 5.82 Å². The van der Waals surface area contributed by atoms with Gasteiger partial charge >= 0.3 is 0 Å². The standard InChI is InChI=1S/C23H22N4/c1-2-10-18(11-3-1)12-6-8-17-25-22-19-13-4-5-14-20(19)26-23(27-22)21-15-7-9-16-24-21/h1-5,7,9-11,13-16H,6,8,12,17H2,(H,25,26,27). The number of anilines is 1. The molecule has 0 amide bonds. The average molecular weight is 354 g/mol. The number of aryl methyl sites for hydroxylation is 1. The van der Waals surface area contributed by atoms with Gasteiger partial charge in [0, 0.05) is 18.1 Å². The summed E-state index contributed by atoms with van der Waals surface area (Å²) in [6.45, 7) is 0.884. The summed E-state index contributed by atoms with van der Waals surface area (Å²) >= 11 is 0. The number of unbranched alkanes of at least 4 members (excludes halogenated alkanes) is 1. The number of fused-ring (bicyclic) bond motifs is 1. The lowest BCUT2D eigenvalue weighted by Crippen LogP contribution is -2.06. The molecule has 0 saturated carbocycles. The number of pyridine rings is 1. The maximum atomic E-state index is 4.74. The van der Waals surface area contributed by atoms with Crippen molar-refractivity contribution in [3.8, 4) is 11.5 Å². The van der Waals surface area contributed by atoms with Crippen LogP contribution < -0.4 is 5.32 Å². The molecular formula is C23H22N4. The first-order chi connectivity index (χ1) is 13.4. The van der Waals surface area contributed by atoms with Gasteiger partial charge in [0.15, 0.2) is 5.82 Å². The lowest BCUT2D eigenvalue weighted by atomic mass is 10.1. The van der Waals surface area contributed by atoms with Gasteiger partial charge in [-0.25, -0.2) is 9.97 Å². The fourth-order valence-corrected chi connectivity index (χ4v) is 3.13. The Hall–Kier alpha value is -3.27. The highest BCUT2D eigenvalue weighted by molar-refractivity contribution is 5.90. The molecule has 4 heteroatoms. The van der Waals surface area contributed by atoms with E-state index in [2.05, 4.69) is 51.7 Å². The quantitative estimate of drug-likeness (QED) is 0.468. The van der Waals surface area contributed by atoms with Crippen LogP contribution >= 0.6 is 0 Å². The van der Waals surface area contributed by atoms with Crippen LogP contribution in [0.2, 0.25) is 0 Å². The SMILES string of the molecule is c1ccc(CCCCNc2nc(-c3ccccn3)nc3ccccc23)cc1. The van der Waals surface area contributed by atoms with Crippen molar-refractivity contribution >= 4 is 16.7 Å². The Labute approximate surface area is 159 Å². The smallest absolute Gasteiger partial charge is 0.180 e. The Kier molecular flexibility index (Phi) is 5.34. The highest BCUT2D eigenvalue weighted by Gasteiger charge is 2.09. The first-order valence-corrected chi connectivity index (χ1v) is 9.36. The van der Waals surface area contributed by atoms with Gasteiger partial charge in [-0.15, -0.1) is 0 Å². The van der Waals surface area contributed by atoms with Gasteiger partial charge in [-0.1, -0.05) is 48.5 Å². The Bertz CT molecular complexity index is 1000. The summed E-state index contributed by atoms with van der Waals surface area (Å²) in [5, 5.41) is 4.55. The van der Waals surface area contributed by atoms with E-state index in [1.807, 2.05) is 36.4 Å². The molecule has 0 unspecified atom stereocenters. The van der Waals surface area contributed by atoms with Crippen molar-refractivity contribution in [2.45, 2.75) is 19.3 Å². The summed E-state index contributed by atoms with van der Waals surface area (Å²) in [5.74, 6) is 1.53. The van der Waals surface area contributed by atoms with Gasteiger partial charge in [0.1, 0.15) is 11.5 Å². The highest BCUT2D eigenvalue weighted by atomic mass is 15.0. The van der Waals surface area contributed by atoms with E-state index in [1.165, 1.54) is 5.56 Å². The zero-order chi connectivity index (χ0) is 18.3. The first kappa shape index (κ1) is 17.2. The molecule has 2 heterocycles. The van der Waals surface area contributed by atoms with E-state index < -0.39 is 0 Å². The lowest BCUT2D eigenvalue weighted by Gasteiger charge is -2.11. The molecule has 0 aliphatic carbocycles. The number of nitrogens with one attached hydrogen (secondary N) is 1. The Morgan fingerprint density at radius 1 is 0.741 bits per heavy atom. The molecule has 134 valence electrons. The number of hydrogen-bond donors (Lipinski definition) is 1. The molecule has 0 atom stereocenters. The van der Waals surface area contributed by atoms with Crippen LogP contribution in [0.15, 0.2) is 79.0 Å². The molecule has 4 nitrogen and oxygen atoms in total. The number of hydrogen-bond acceptors (Lipinski definition) is 4. The molecule has 0 saturated heterocycles. The van der Waals surface area contributed by atoms with Gasteiger partial charge in [0.2, 0.25) is 0 Å². The van der Waals surface area contributed by atoms with Crippen molar-refractivity contribution < 1.29 is 0 Å². The molecule has 0 fully saturated rings.